The predicted octanol–water partition coefficient (Wildman–Crippen LogP) is 2.68. The molecular weight excluding hydrogens is 300 g/mol. The van der Waals surface area contributed by atoms with Crippen molar-refractivity contribution in [3.8, 4) is 11.5 Å². The van der Waals surface area contributed by atoms with E-state index >= 15 is 0 Å². The van der Waals surface area contributed by atoms with E-state index in [4.69, 9.17) is 38.0 Å². The highest BCUT2D eigenvalue weighted by molar-refractivity contribution is 7.80. The lowest BCUT2D eigenvalue weighted by Crippen LogP contribution is -2.31. The van der Waals surface area contributed by atoms with Crippen LogP contribution in [0.15, 0.2) is 12.1 Å². The number of thiocarbonyl (C=S) groups is 1. The SMILES string of the molecule is CCOCCNC(=S)Nc1cc(OC)c(Cl)cc1OC. The second kappa shape index (κ2) is 8.84. The molecular formula is C13H19ClN2O3S. The Kier molecular flexibility index (Phi) is 7.43. The van der Waals surface area contributed by atoms with E-state index in [9.17, 15) is 0 Å². The summed E-state index contributed by atoms with van der Waals surface area (Å²) in [5.74, 6) is 1.14. The van der Waals surface area contributed by atoms with Crippen LogP contribution >= 0.6 is 23.8 Å². The summed E-state index contributed by atoms with van der Waals surface area (Å²) in [6.45, 7) is 3.86. The van der Waals surface area contributed by atoms with Gasteiger partial charge < -0.3 is 24.8 Å². The van der Waals surface area contributed by atoms with E-state index in [0.717, 1.165) is 0 Å². The van der Waals surface area contributed by atoms with E-state index in [2.05, 4.69) is 10.6 Å². The summed E-state index contributed by atoms with van der Waals surface area (Å²) in [5.41, 5.74) is 0.683. The second-order valence-electron chi connectivity index (χ2n) is 3.76. The van der Waals surface area contributed by atoms with Gasteiger partial charge in [-0.15, -0.1) is 0 Å². The van der Waals surface area contributed by atoms with Crippen molar-refractivity contribution in [2.75, 3.05) is 39.3 Å². The lowest BCUT2D eigenvalue weighted by atomic mass is 10.2. The number of hydrogen-bond acceptors (Lipinski definition) is 4. The molecule has 0 unspecified atom stereocenters. The number of hydrogen-bond donors (Lipinski definition) is 2. The van der Waals surface area contributed by atoms with E-state index in [1.807, 2.05) is 6.92 Å². The maximum Gasteiger partial charge on any atom is 0.170 e. The van der Waals surface area contributed by atoms with Crippen LogP contribution in [0.4, 0.5) is 5.69 Å². The van der Waals surface area contributed by atoms with E-state index < -0.39 is 0 Å². The maximum absolute atomic E-state index is 6.04. The average Bonchev–Trinajstić information content (AvgIpc) is 2.45. The predicted molar refractivity (Wildman–Crippen MR) is 85.3 cm³/mol. The molecule has 0 saturated heterocycles. The van der Waals surface area contributed by atoms with Crippen molar-refractivity contribution < 1.29 is 14.2 Å². The van der Waals surface area contributed by atoms with Crippen molar-refractivity contribution in [1.29, 1.82) is 0 Å². The number of rotatable bonds is 7. The molecule has 5 nitrogen and oxygen atoms in total. The number of halogens is 1. The highest BCUT2D eigenvalue weighted by Crippen LogP contribution is 2.35. The Balaban J connectivity index is 2.68. The molecule has 0 saturated carbocycles. The molecule has 0 heterocycles. The van der Waals surface area contributed by atoms with Gasteiger partial charge in [-0.1, -0.05) is 11.6 Å². The molecule has 2 N–H and O–H groups in total. The molecule has 0 bridgehead atoms. The Labute approximate surface area is 129 Å². The van der Waals surface area contributed by atoms with Crippen LogP contribution in [0.25, 0.3) is 0 Å². The Morgan fingerprint density at radius 1 is 1.25 bits per heavy atom. The number of ether oxygens (including phenoxy) is 3. The second-order valence-corrected chi connectivity index (χ2v) is 4.58. The quantitative estimate of drug-likeness (QED) is 0.595. The van der Waals surface area contributed by atoms with Gasteiger partial charge in [0.15, 0.2) is 5.11 Å². The third kappa shape index (κ3) is 5.03. The molecule has 7 heteroatoms. The van der Waals surface area contributed by atoms with Crippen LogP contribution in [-0.2, 0) is 4.74 Å². The van der Waals surface area contributed by atoms with Gasteiger partial charge in [0.25, 0.3) is 0 Å². The Bertz CT molecular complexity index is 457. The summed E-state index contributed by atoms with van der Waals surface area (Å²) in [4.78, 5) is 0. The molecule has 0 aromatic heterocycles. The summed E-state index contributed by atoms with van der Waals surface area (Å²) in [6.07, 6.45) is 0. The molecule has 0 amide bonds. The largest absolute Gasteiger partial charge is 0.495 e. The standard InChI is InChI=1S/C13H19ClN2O3S/c1-4-19-6-5-15-13(20)16-10-8-11(17-2)9(14)7-12(10)18-3/h7-8H,4-6H2,1-3H3,(H2,15,16,20). The van der Waals surface area contributed by atoms with Gasteiger partial charge in [-0.25, -0.2) is 0 Å². The highest BCUT2D eigenvalue weighted by atomic mass is 35.5. The normalized spacial score (nSPS) is 10.0. The number of methoxy groups -OCH3 is 2. The summed E-state index contributed by atoms with van der Waals surface area (Å²) in [6, 6.07) is 3.41. The first kappa shape index (κ1) is 16.8. The summed E-state index contributed by atoms with van der Waals surface area (Å²) < 4.78 is 15.6. The monoisotopic (exact) mass is 318 g/mol. The maximum atomic E-state index is 6.04. The zero-order chi connectivity index (χ0) is 15.0. The smallest absolute Gasteiger partial charge is 0.170 e. The average molecular weight is 319 g/mol. The Hall–Kier alpha value is -1.24. The fraction of sp³-hybridized carbons (Fsp3) is 0.462. The summed E-state index contributed by atoms with van der Waals surface area (Å²) >= 11 is 11.2. The van der Waals surface area contributed by atoms with E-state index in [1.165, 1.54) is 0 Å². The molecule has 0 radical (unpaired) electrons. The van der Waals surface area contributed by atoms with Crippen LogP contribution in [0.2, 0.25) is 5.02 Å². The molecule has 0 aliphatic heterocycles. The zero-order valence-corrected chi connectivity index (χ0v) is 13.4. The van der Waals surface area contributed by atoms with Gasteiger partial charge in [-0.2, -0.15) is 0 Å². The highest BCUT2D eigenvalue weighted by Gasteiger charge is 2.10. The Morgan fingerprint density at radius 3 is 2.55 bits per heavy atom. The topological polar surface area (TPSA) is 51.8 Å². The molecule has 20 heavy (non-hydrogen) atoms. The molecule has 0 atom stereocenters. The first-order valence-electron chi connectivity index (χ1n) is 6.16. The van der Waals surface area contributed by atoms with Crippen LogP contribution in [0.5, 0.6) is 11.5 Å². The molecule has 0 fully saturated rings. The molecule has 0 spiro atoms. The summed E-state index contributed by atoms with van der Waals surface area (Å²) in [7, 11) is 3.12. The first-order valence-corrected chi connectivity index (χ1v) is 6.95. The van der Waals surface area contributed by atoms with Gasteiger partial charge in [-0.3, -0.25) is 0 Å². The van der Waals surface area contributed by atoms with Gasteiger partial charge >= 0.3 is 0 Å². The van der Waals surface area contributed by atoms with Gasteiger partial charge in [0.05, 0.1) is 31.5 Å². The van der Waals surface area contributed by atoms with Gasteiger partial charge in [0.2, 0.25) is 0 Å². The van der Waals surface area contributed by atoms with Crippen molar-refractivity contribution in [1.82, 2.24) is 5.32 Å². The molecule has 0 aliphatic rings. The minimum atomic E-state index is 0.477. The molecule has 1 aromatic rings. The van der Waals surface area contributed by atoms with Crippen molar-refractivity contribution in [3.63, 3.8) is 0 Å². The van der Waals surface area contributed by atoms with Crippen LogP contribution in [0, 0.1) is 0 Å². The first-order chi connectivity index (χ1) is 9.62. The lowest BCUT2D eigenvalue weighted by molar-refractivity contribution is 0.152. The fourth-order valence-electron chi connectivity index (χ4n) is 1.51. The van der Waals surface area contributed by atoms with Crippen molar-refractivity contribution in [2.45, 2.75) is 6.92 Å². The van der Waals surface area contributed by atoms with Crippen LogP contribution < -0.4 is 20.1 Å². The molecule has 112 valence electrons. The molecule has 1 aromatic carbocycles. The van der Waals surface area contributed by atoms with Gasteiger partial charge in [0.1, 0.15) is 11.5 Å². The lowest BCUT2D eigenvalue weighted by Gasteiger charge is -2.15. The van der Waals surface area contributed by atoms with Gasteiger partial charge in [0, 0.05) is 25.3 Å². The van der Waals surface area contributed by atoms with Crippen molar-refractivity contribution in [2.24, 2.45) is 0 Å². The van der Waals surface area contributed by atoms with E-state index in [0.29, 0.717) is 47.1 Å². The molecule has 1 rings (SSSR count). The van der Waals surface area contributed by atoms with Crippen LogP contribution in [-0.4, -0.2) is 39.1 Å². The van der Waals surface area contributed by atoms with E-state index in [-0.39, 0.29) is 0 Å². The number of anilines is 1. The molecule has 0 aliphatic carbocycles. The van der Waals surface area contributed by atoms with Crippen LogP contribution in [0.3, 0.4) is 0 Å². The number of nitrogens with one attached hydrogen (secondary N) is 2. The van der Waals surface area contributed by atoms with Crippen LogP contribution in [0.1, 0.15) is 6.92 Å². The third-order valence-electron chi connectivity index (χ3n) is 2.46. The fourth-order valence-corrected chi connectivity index (χ4v) is 1.95. The zero-order valence-electron chi connectivity index (χ0n) is 11.8. The van der Waals surface area contributed by atoms with E-state index in [1.54, 1.807) is 26.4 Å². The minimum Gasteiger partial charge on any atom is -0.495 e. The third-order valence-corrected chi connectivity index (χ3v) is 3.00. The summed E-state index contributed by atoms with van der Waals surface area (Å²) in [5, 5.41) is 7.03. The van der Waals surface area contributed by atoms with Gasteiger partial charge in [-0.05, 0) is 19.1 Å². The Morgan fingerprint density at radius 2 is 1.95 bits per heavy atom. The van der Waals surface area contributed by atoms with Crippen molar-refractivity contribution in [3.05, 3.63) is 17.2 Å². The van der Waals surface area contributed by atoms with Crippen molar-refractivity contribution >= 4 is 34.6 Å². The minimum absolute atomic E-state index is 0.477. The number of benzene rings is 1.